The lowest BCUT2D eigenvalue weighted by Gasteiger charge is -2.28. The van der Waals surface area contributed by atoms with E-state index in [4.69, 9.17) is 5.11 Å². The number of carbonyl (C=O) groups excluding carboxylic acids is 1. The molecule has 4 heteroatoms. The summed E-state index contributed by atoms with van der Waals surface area (Å²) in [4.78, 5) is 25.0. The van der Waals surface area contributed by atoms with Crippen LogP contribution in [0.1, 0.15) is 50.5 Å². The molecule has 0 unspecified atom stereocenters. The number of hydrogen-bond acceptors (Lipinski definition) is 2. The average molecular weight is 277 g/mol. The minimum absolute atomic E-state index is 0.161. The molecular weight excluding hydrogens is 254 g/mol. The summed E-state index contributed by atoms with van der Waals surface area (Å²) < 4.78 is 0. The first kappa shape index (κ1) is 16.2. The number of hydrogen-bond donors (Lipinski definition) is 1. The molecule has 1 aromatic rings. The van der Waals surface area contributed by atoms with E-state index < -0.39 is 5.97 Å². The van der Waals surface area contributed by atoms with Gasteiger partial charge in [0.1, 0.15) is 6.54 Å². The quantitative estimate of drug-likeness (QED) is 0.920. The third-order valence-corrected chi connectivity index (χ3v) is 3.16. The number of carboxylic acids is 1. The molecule has 0 aliphatic heterocycles. The van der Waals surface area contributed by atoms with Crippen LogP contribution >= 0.6 is 0 Å². The van der Waals surface area contributed by atoms with Crippen LogP contribution < -0.4 is 0 Å². The summed E-state index contributed by atoms with van der Waals surface area (Å²) in [7, 11) is 0. The van der Waals surface area contributed by atoms with Crippen molar-refractivity contribution >= 4 is 11.9 Å². The first-order valence-corrected chi connectivity index (χ1v) is 6.77. The molecule has 0 bridgehead atoms. The van der Waals surface area contributed by atoms with Gasteiger partial charge in [-0.25, -0.2) is 0 Å². The highest BCUT2D eigenvalue weighted by atomic mass is 16.4. The number of benzene rings is 1. The fraction of sp³-hybridized carbons (Fsp3) is 0.500. The van der Waals surface area contributed by atoms with E-state index >= 15 is 0 Å². The van der Waals surface area contributed by atoms with Crippen molar-refractivity contribution in [1.82, 2.24) is 4.90 Å². The third kappa shape index (κ3) is 3.83. The molecule has 0 fully saturated rings. The highest BCUT2D eigenvalue weighted by Gasteiger charge is 2.26. The molecule has 0 heterocycles. The maximum absolute atomic E-state index is 12.7. The molecule has 0 aliphatic carbocycles. The van der Waals surface area contributed by atoms with Crippen molar-refractivity contribution in [3.8, 4) is 0 Å². The van der Waals surface area contributed by atoms with E-state index in [2.05, 4.69) is 0 Å². The van der Waals surface area contributed by atoms with Gasteiger partial charge >= 0.3 is 5.97 Å². The topological polar surface area (TPSA) is 57.6 Å². The fourth-order valence-electron chi connectivity index (χ4n) is 2.11. The molecule has 0 atom stereocenters. The lowest BCUT2D eigenvalue weighted by molar-refractivity contribution is -0.138. The second-order valence-corrected chi connectivity index (χ2v) is 6.22. The highest BCUT2D eigenvalue weighted by Crippen LogP contribution is 2.27. The van der Waals surface area contributed by atoms with Gasteiger partial charge in [0.15, 0.2) is 0 Å². The molecule has 1 N–H and O–H groups in total. The Kier molecular flexibility index (Phi) is 4.93. The smallest absolute Gasteiger partial charge is 0.323 e. The molecule has 110 valence electrons. The zero-order valence-corrected chi connectivity index (χ0v) is 12.8. The monoisotopic (exact) mass is 277 g/mol. The van der Waals surface area contributed by atoms with Crippen LogP contribution in [0.2, 0.25) is 0 Å². The lowest BCUT2D eigenvalue weighted by atomic mass is 9.83. The maximum Gasteiger partial charge on any atom is 0.323 e. The first-order valence-electron chi connectivity index (χ1n) is 6.77. The lowest BCUT2D eigenvalue weighted by Crippen LogP contribution is -2.41. The summed E-state index contributed by atoms with van der Waals surface area (Å²) in [5, 5.41) is 8.96. The molecule has 0 spiro atoms. The zero-order valence-electron chi connectivity index (χ0n) is 12.8. The molecule has 0 radical (unpaired) electrons. The van der Waals surface area contributed by atoms with E-state index in [1.165, 1.54) is 4.90 Å². The number of aliphatic carboxylic acids is 1. The fourth-order valence-corrected chi connectivity index (χ4v) is 2.11. The van der Waals surface area contributed by atoms with E-state index in [0.717, 1.165) is 5.56 Å². The van der Waals surface area contributed by atoms with E-state index in [0.29, 0.717) is 5.56 Å². The van der Waals surface area contributed by atoms with E-state index in [-0.39, 0.29) is 23.9 Å². The van der Waals surface area contributed by atoms with Crippen molar-refractivity contribution in [2.75, 3.05) is 6.54 Å². The number of carbonyl (C=O) groups is 2. The van der Waals surface area contributed by atoms with Gasteiger partial charge in [-0.2, -0.15) is 0 Å². The molecule has 0 aromatic heterocycles. The molecule has 4 nitrogen and oxygen atoms in total. The van der Waals surface area contributed by atoms with Gasteiger partial charge in [0.05, 0.1) is 0 Å². The summed E-state index contributed by atoms with van der Waals surface area (Å²) >= 11 is 0. The predicted octanol–water partition coefficient (Wildman–Crippen LogP) is 2.92. The molecule has 0 saturated heterocycles. The molecule has 20 heavy (non-hydrogen) atoms. The van der Waals surface area contributed by atoms with Gasteiger partial charge in [-0.3, -0.25) is 9.59 Å². The standard InChI is InChI=1S/C16H23NO3/c1-11(2)17(10-14(18)19)15(20)12-8-6-7-9-13(12)16(3,4)5/h6-9,11H,10H2,1-5H3,(H,18,19). The number of nitrogens with zero attached hydrogens (tertiary/aromatic N) is 1. The van der Waals surface area contributed by atoms with Gasteiger partial charge < -0.3 is 10.0 Å². The Bertz CT molecular complexity index is 501. The molecule has 1 rings (SSSR count). The second-order valence-electron chi connectivity index (χ2n) is 6.22. The van der Waals surface area contributed by atoms with Gasteiger partial charge in [0.2, 0.25) is 0 Å². The zero-order chi connectivity index (χ0) is 15.5. The van der Waals surface area contributed by atoms with Gasteiger partial charge in [-0.1, -0.05) is 39.0 Å². The van der Waals surface area contributed by atoms with Crippen LogP contribution in [0.25, 0.3) is 0 Å². The average Bonchev–Trinajstić information content (AvgIpc) is 2.33. The number of amides is 1. The summed E-state index contributed by atoms with van der Waals surface area (Å²) in [5.74, 6) is -1.23. The Hall–Kier alpha value is -1.84. The molecule has 0 saturated carbocycles. The molecule has 1 amide bonds. The van der Waals surface area contributed by atoms with Gasteiger partial charge in [-0.15, -0.1) is 0 Å². The minimum Gasteiger partial charge on any atom is -0.480 e. The van der Waals surface area contributed by atoms with E-state index in [1.807, 2.05) is 52.8 Å². The summed E-state index contributed by atoms with van der Waals surface area (Å²) in [6.45, 7) is 9.47. The Morgan fingerprint density at radius 3 is 2.20 bits per heavy atom. The Morgan fingerprint density at radius 2 is 1.75 bits per heavy atom. The van der Waals surface area contributed by atoms with Crippen LogP contribution in [0.15, 0.2) is 24.3 Å². The summed E-state index contributed by atoms with van der Waals surface area (Å²) in [6.07, 6.45) is 0. The van der Waals surface area contributed by atoms with Crippen molar-refractivity contribution in [3.05, 3.63) is 35.4 Å². The van der Waals surface area contributed by atoms with Gasteiger partial charge in [-0.05, 0) is 30.9 Å². The number of rotatable bonds is 4. The summed E-state index contributed by atoms with van der Waals surface area (Å²) in [5.41, 5.74) is 1.34. The van der Waals surface area contributed by atoms with E-state index in [1.54, 1.807) is 6.07 Å². The van der Waals surface area contributed by atoms with Crippen molar-refractivity contribution in [2.45, 2.75) is 46.1 Å². The first-order chi connectivity index (χ1) is 9.14. The highest BCUT2D eigenvalue weighted by molar-refractivity contribution is 5.97. The SMILES string of the molecule is CC(C)N(CC(=O)O)C(=O)c1ccccc1C(C)(C)C. The second kappa shape index (κ2) is 6.07. The van der Waals surface area contributed by atoms with Crippen molar-refractivity contribution in [1.29, 1.82) is 0 Å². The maximum atomic E-state index is 12.7. The van der Waals surface area contributed by atoms with Crippen LogP contribution in [0.4, 0.5) is 0 Å². The van der Waals surface area contributed by atoms with Crippen LogP contribution in [0.3, 0.4) is 0 Å². The van der Waals surface area contributed by atoms with Crippen molar-refractivity contribution < 1.29 is 14.7 Å². The Morgan fingerprint density at radius 1 is 1.20 bits per heavy atom. The molecular formula is C16H23NO3. The summed E-state index contributed by atoms with van der Waals surface area (Å²) in [6, 6.07) is 7.23. The van der Waals surface area contributed by atoms with Gasteiger partial charge in [0, 0.05) is 11.6 Å². The normalized spacial score (nSPS) is 11.5. The van der Waals surface area contributed by atoms with Crippen LogP contribution in [-0.4, -0.2) is 34.5 Å². The predicted molar refractivity (Wildman–Crippen MR) is 79.0 cm³/mol. The van der Waals surface area contributed by atoms with Gasteiger partial charge in [0.25, 0.3) is 5.91 Å². The third-order valence-electron chi connectivity index (χ3n) is 3.16. The number of carboxylic acid groups (broad SMARTS) is 1. The largest absolute Gasteiger partial charge is 0.480 e. The Balaban J connectivity index is 3.22. The Labute approximate surface area is 120 Å². The van der Waals surface area contributed by atoms with Crippen LogP contribution in [-0.2, 0) is 10.2 Å². The van der Waals surface area contributed by atoms with Crippen molar-refractivity contribution in [3.63, 3.8) is 0 Å². The van der Waals surface area contributed by atoms with E-state index in [9.17, 15) is 9.59 Å². The van der Waals surface area contributed by atoms with Crippen LogP contribution in [0.5, 0.6) is 0 Å². The molecule has 1 aromatic carbocycles. The minimum atomic E-state index is -1.000. The van der Waals surface area contributed by atoms with Crippen LogP contribution in [0, 0.1) is 0 Å². The van der Waals surface area contributed by atoms with Crippen molar-refractivity contribution in [2.24, 2.45) is 0 Å². The molecule has 0 aliphatic rings.